The average molecular weight is 367 g/mol. The Kier molecular flexibility index (Phi) is 4.70. The predicted molar refractivity (Wildman–Crippen MR) is 101 cm³/mol. The zero-order chi connectivity index (χ0) is 17.8. The summed E-state index contributed by atoms with van der Waals surface area (Å²) in [5.74, 6) is 1.31. The summed E-state index contributed by atoms with van der Waals surface area (Å²) in [6.45, 7) is 0.997. The highest BCUT2D eigenvalue weighted by molar-refractivity contribution is 7.10. The molecule has 1 N–H and O–H groups in total. The van der Waals surface area contributed by atoms with Crippen molar-refractivity contribution < 1.29 is 14.3 Å². The molecule has 3 aromatic rings. The maximum absolute atomic E-state index is 12.0. The third kappa shape index (κ3) is 3.94. The first-order chi connectivity index (χ1) is 12.8. The molecule has 1 aliphatic rings. The van der Waals surface area contributed by atoms with Crippen molar-refractivity contribution in [2.24, 2.45) is 0 Å². The van der Waals surface area contributed by atoms with Crippen LogP contribution in [0, 0.1) is 0 Å². The second kappa shape index (κ2) is 7.45. The Morgan fingerprint density at radius 3 is 3.04 bits per heavy atom. The van der Waals surface area contributed by atoms with Crippen molar-refractivity contribution in [1.29, 1.82) is 0 Å². The van der Waals surface area contributed by atoms with Gasteiger partial charge in [-0.3, -0.25) is 9.48 Å². The van der Waals surface area contributed by atoms with E-state index in [-0.39, 0.29) is 12.0 Å². The van der Waals surface area contributed by atoms with Crippen LogP contribution in [0.4, 0.5) is 5.69 Å². The Balaban J connectivity index is 1.33. The number of amides is 1. The van der Waals surface area contributed by atoms with E-state index in [9.17, 15) is 4.79 Å². The van der Waals surface area contributed by atoms with Gasteiger partial charge in [0.2, 0.25) is 5.91 Å². The van der Waals surface area contributed by atoms with Gasteiger partial charge in [0.1, 0.15) is 6.61 Å². The normalized spacial score (nSPS) is 15.9. The lowest BCUT2D eigenvalue weighted by molar-refractivity contribution is -0.111. The average Bonchev–Trinajstić information content (AvgIpc) is 3.32. The van der Waals surface area contributed by atoms with Gasteiger partial charge in [-0.15, -0.1) is 11.3 Å². The molecule has 7 heteroatoms. The monoisotopic (exact) mass is 367 g/mol. The number of nitrogens with zero attached hydrogens (tertiary/aromatic N) is 2. The van der Waals surface area contributed by atoms with Crippen LogP contribution in [0.5, 0.6) is 11.5 Å². The molecule has 0 aliphatic carbocycles. The van der Waals surface area contributed by atoms with Crippen LogP contribution in [-0.4, -0.2) is 28.4 Å². The molecule has 1 aromatic carbocycles. The van der Waals surface area contributed by atoms with E-state index in [4.69, 9.17) is 9.47 Å². The van der Waals surface area contributed by atoms with Crippen molar-refractivity contribution in [2.45, 2.75) is 12.6 Å². The van der Waals surface area contributed by atoms with Gasteiger partial charge in [-0.25, -0.2) is 0 Å². The van der Waals surface area contributed by atoms with Gasteiger partial charge in [0.15, 0.2) is 17.6 Å². The molecule has 0 fully saturated rings. The first-order valence-electron chi connectivity index (χ1n) is 8.20. The molecule has 2 aromatic heterocycles. The summed E-state index contributed by atoms with van der Waals surface area (Å²) >= 11 is 1.58. The molecular weight excluding hydrogens is 350 g/mol. The van der Waals surface area contributed by atoms with Crippen LogP contribution in [0.1, 0.15) is 4.88 Å². The quantitative estimate of drug-likeness (QED) is 0.702. The van der Waals surface area contributed by atoms with Gasteiger partial charge in [0.25, 0.3) is 0 Å². The van der Waals surface area contributed by atoms with E-state index in [0.29, 0.717) is 18.8 Å². The van der Waals surface area contributed by atoms with Crippen LogP contribution in [0.15, 0.2) is 60.2 Å². The first-order valence-corrected chi connectivity index (χ1v) is 9.08. The van der Waals surface area contributed by atoms with Crippen LogP contribution < -0.4 is 14.8 Å². The van der Waals surface area contributed by atoms with Gasteiger partial charge in [0, 0.05) is 17.2 Å². The lowest BCUT2D eigenvalue weighted by Crippen LogP contribution is -2.33. The number of hydrogen-bond acceptors (Lipinski definition) is 5. The molecule has 6 nitrogen and oxygen atoms in total. The third-order valence-corrected chi connectivity index (χ3v) is 4.64. The summed E-state index contributed by atoms with van der Waals surface area (Å²) in [4.78, 5) is 13.0. The Hall–Kier alpha value is -3.06. The number of carbonyl (C=O) groups is 1. The fourth-order valence-electron chi connectivity index (χ4n) is 2.62. The van der Waals surface area contributed by atoms with E-state index in [0.717, 1.165) is 16.4 Å². The number of para-hydroxylation sites is 2. The van der Waals surface area contributed by atoms with Crippen molar-refractivity contribution in [3.63, 3.8) is 0 Å². The number of carbonyl (C=O) groups excluding carboxylic acids is 1. The summed E-state index contributed by atoms with van der Waals surface area (Å²) in [6, 6.07) is 11.5. The van der Waals surface area contributed by atoms with E-state index in [1.165, 1.54) is 6.08 Å². The highest BCUT2D eigenvalue weighted by Crippen LogP contribution is 2.31. The first kappa shape index (κ1) is 16.4. The fourth-order valence-corrected chi connectivity index (χ4v) is 3.24. The molecule has 0 spiro atoms. The number of anilines is 1. The lowest BCUT2D eigenvalue weighted by Gasteiger charge is -2.26. The Morgan fingerprint density at radius 2 is 2.19 bits per heavy atom. The van der Waals surface area contributed by atoms with Gasteiger partial charge in [-0.2, -0.15) is 5.10 Å². The molecule has 26 heavy (non-hydrogen) atoms. The number of nitrogens with one attached hydrogen (secondary N) is 1. The van der Waals surface area contributed by atoms with Crippen molar-refractivity contribution in [3.8, 4) is 11.5 Å². The standard InChI is InChI=1S/C19H17N3O3S/c23-19(8-7-16-4-3-9-26-16)21-14-10-20-22(11-14)12-15-13-24-17-5-1-2-6-18(17)25-15/h1-11,15H,12-13H2,(H,21,23)/b8-7+/t15-/m1/s1. The summed E-state index contributed by atoms with van der Waals surface area (Å²) in [5, 5.41) is 9.04. The SMILES string of the molecule is O=C(/C=C/c1cccs1)Nc1cnn(C[C@@H]2COc3ccccc3O2)c1. The predicted octanol–water partition coefficient (Wildman–Crippen LogP) is 3.44. The molecule has 1 atom stereocenters. The number of fused-ring (bicyclic) bond motifs is 1. The van der Waals surface area contributed by atoms with E-state index in [1.54, 1.807) is 34.5 Å². The second-order valence-electron chi connectivity index (χ2n) is 5.79. The Morgan fingerprint density at radius 1 is 1.31 bits per heavy atom. The minimum absolute atomic E-state index is 0.132. The van der Waals surface area contributed by atoms with Gasteiger partial charge in [-0.1, -0.05) is 18.2 Å². The maximum atomic E-state index is 12.0. The Labute approximate surface area is 154 Å². The van der Waals surface area contributed by atoms with Gasteiger partial charge in [0.05, 0.1) is 18.4 Å². The molecule has 132 valence electrons. The topological polar surface area (TPSA) is 65.4 Å². The smallest absolute Gasteiger partial charge is 0.248 e. The molecule has 0 saturated heterocycles. The highest BCUT2D eigenvalue weighted by atomic mass is 32.1. The van der Waals surface area contributed by atoms with Crippen LogP contribution in [0.3, 0.4) is 0 Å². The number of hydrogen-bond donors (Lipinski definition) is 1. The van der Waals surface area contributed by atoms with Crippen molar-refractivity contribution in [3.05, 3.63) is 65.1 Å². The van der Waals surface area contributed by atoms with Crippen molar-refractivity contribution in [2.75, 3.05) is 11.9 Å². The number of benzene rings is 1. The summed E-state index contributed by atoms with van der Waals surface area (Å²) in [6.07, 6.45) is 6.56. The third-order valence-electron chi connectivity index (χ3n) is 3.80. The number of rotatable bonds is 5. The van der Waals surface area contributed by atoms with E-state index < -0.39 is 0 Å². The molecule has 0 saturated carbocycles. The second-order valence-corrected chi connectivity index (χ2v) is 6.77. The van der Waals surface area contributed by atoms with Crippen LogP contribution >= 0.6 is 11.3 Å². The molecule has 0 unspecified atom stereocenters. The van der Waals surface area contributed by atoms with Crippen LogP contribution in [0.25, 0.3) is 6.08 Å². The fraction of sp³-hybridized carbons (Fsp3) is 0.158. The highest BCUT2D eigenvalue weighted by Gasteiger charge is 2.21. The van der Waals surface area contributed by atoms with Gasteiger partial charge in [-0.05, 0) is 29.7 Å². The van der Waals surface area contributed by atoms with Gasteiger partial charge < -0.3 is 14.8 Å². The van der Waals surface area contributed by atoms with Crippen molar-refractivity contribution >= 4 is 29.0 Å². The number of thiophene rings is 1. The van der Waals surface area contributed by atoms with Crippen LogP contribution in [-0.2, 0) is 11.3 Å². The minimum atomic E-state index is -0.191. The minimum Gasteiger partial charge on any atom is -0.486 e. The Bertz CT molecular complexity index is 918. The molecule has 4 rings (SSSR count). The zero-order valence-electron chi connectivity index (χ0n) is 13.9. The van der Waals surface area contributed by atoms with E-state index in [1.807, 2.05) is 41.8 Å². The number of aromatic nitrogens is 2. The zero-order valence-corrected chi connectivity index (χ0v) is 14.7. The van der Waals surface area contributed by atoms with Crippen LogP contribution in [0.2, 0.25) is 0 Å². The molecule has 1 amide bonds. The van der Waals surface area contributed by atoms with E-state index >= 15 is 0 Å². The molecule has 3 heterocycles. The largest absolute Gasteiger partial charge is 0.486 e. The van der Waals surface area contributed by atoms with Crippen molar-refractivity contribution in [1.82, 2.24) is 9.78 Å². The molecular formula is C19H17N3O3S. The van der Waals surface area contributed by atoms with Gasteiger partial charge >= 0.3 is 0 Å². The lowest BCUT2D eigenvalue weighted by atomic mass is 10.2. The summed E-state index contributed by atoms with van der Waals surface area (Å²) < 4.78 is 13.4. The maximum Gasteiger partial charge on any atom is 0.248 e. The summed E-state index contributed by atoms with van der Waals surface area (Å²) in [7, 11) is 0. The molecule has 0 radical (unpaired) electrons. The van der Waals surface area contributed by atoms with E-state index in [2.05, 4.69) is 10.4 Å². The summed E-state index contributed by atoms with van der Waals surface area (Å²) in [5.41, 5.74) is 0.642. The molecule has 1 aliphatic heterocycles. The molecule has 0 bridgehead atoms. The number of ether oxygens (including phenoxy) is 2.